The van der Waals surface area contributed by atoms with Crippen LogP contribution < -0.4 is 20.7 Å². The van der Waals surface area contributed by atoms with Crippen LogP contribution in [-0.2, 0) is 13.1 Å². The Morgan fingerprint density at radius 2 is 1.41 bits per heavy atom. The van der Waals surface area contributed by atoms with Gasteiger partial charge in [-0.25, -0.2) is 4.79 Å². The minimum absolute atomic E-state index is 0.160. The fourth-order valence-corrected chi connectivity index (χ4v) is 2.59. The van der Waals surface area contributed by atoms with Crippen molar-refractivity contribution >= 4 is 17.6 Å². The summed E-state index contributed by atoms with van der Waals surface area (Å²) in [5.41, 5.74) is 3.13. The summed E-state index contributed by atoms with van der Waals surface area (Å²) in [5.74, 6) is 0.614. The number of ether oxygens (including phenoxy) is 1. The van der Waals surface area contributed by atoms with E-state index in [4.69, 9.17) is 4.74 Å². The van der Waals surface area contributed by atoms with Crippen LogP contribution in [0, 0.1) is 0 Å². The molecule has 2 aromatic carbocycles. The van der Waals surface area contributed by atoms with Crippen molar-refractivity contribution in [1.29, 1.82) is 0 Å². The van der Waals surface area contributed by atoms with E-state index in [1.54, 1.807) is 43.8 Å². The highest BCUT2D eigenvalue weighted by molar-refractivity contribution is 5.94. The van der Waals surface area contributed by atoms with E-state index in [9.17, 15) is 9.59 Å². The molecular formula is C22H22N4O3. The molecule has 29 heavy (non-hydrogen) atoms. The van der Waals surface area contributed by atoms with Gasteiger partial charge in [-0.15, -0.1) is 0 Å². The van der Waals surface area contributed by atoms with Gasteiger partial charge in [0.2, 0.25) is 0 Å². The first-order chi connectivity index (χ1) is 14.1. The van der Waals surface area contributed by atoms with Gasteiger partial charge in [-0.1, -0.05) is 24.3 Å². The lowest BCUT2D eigenvalue weighted by Gasteiger charge is -2.09. The maximum absolute atomic E-state index is 12.1. The second-order valence-corrected chi connectivity index (χ2v) is 6.27. The summed E-state index contributed by atoms with van der Waals surface area (Å²) >= 11 is 0. The molecule has 3 N–H and O–H groups in total. The lowest BCUT2D eigenvalue weighted by Crippen LogP contribution is -2.28. The van der Waals surface area contributed by atoms with Gasteiger partial charge in [0.1, 0.15) is 5.75 Å². The van der Waals surface area contributed by atoms with Gasteiger partial charge in [-0.3, -0.25) is 9.78 Å². The number of methoxy groups -OCH3 is 1. The number of rotatable bonds is 7. The van der Waals surface area contributed by atoms with Crippen LogP contribution >= 0.6 is 0 Å². The molecule has 0 fully saturated rings. The standard InChI is InChI=1S/C22H22N4O3/c1-29-20-8-4-17(5-9-20)15-25-22(28)26-19-6-2-16(3-7-19)14-24-21(27)18-10-12-23-13-11-18/h2-13H,14-15H2,1H3,(H,24,27)(H2,25,26,28). The van der Waals surface area contributed by atoms with Gasteiger partial charge in [0.25, 0.3) is 5.91 Å². The normalized spacial score (nSPS) is 10.1. The zero-order valence-corrected chi connectivity index (χ0v) is 16.0. The maximum Gasteiger partial charge on any atom is 0.319 e. The first-order valence-corrected chi connectivity index (χ1v) is 9.09. The number of anilines is 1. The number of nitrogens with one attached hydrogen (secondary N) is 3. The molecule has 0 aliphatic rings. The third kappa shape index (κ3) is 6.07. The highest BCUT2D eigenvalue weighted by atomic mass is 16.5. The Bertz CT molecular complexity index is 942. The van der Waals surface area contributed by atoms with Crippen molar-refractivity contribution in [2.24, 2.45) is 0 Å². The van der Waals surface area contributed by atoms with E-state index in [-0.39, 0.29) is 11.9 Å². The van der Waals surface area contributed by atoms with Crippen molar-refractivity contribution in [3.63, 3.8) is 0 Å². The maximum atomic E-state index is 12.1. The minimum atomic E-state index is -0.292. The van der Waals surface area contributed by atoms with E-state index in [1.807, 2.05) is 36.4 Å². The Morgan fingerprint density at radius 1 is 0.828 bits per heavy atom. The highest BCUT2D eigenvalue weighted by Crippen LogP contribution is 2.12. The average molecular weight is 390 g/mol. The summed E-state index contributed by atoms with van der Waals surface area (Å²) in [6, 6.07) is 17.8. The topological polar surface area (TPSA) is 92.4 Å². The SMILES string of the molecule is COc1ccc(CNC(=O)Nc2ccc(CNC(=O)c3ccncc3)cc2)cc1. The summed E-state index contributed by atoms with van der Waals surface area (Å²) < 4.78 is 5.11. The fourth-order valence-electron chi connectivity index (χ4n) is 2.59. The zero-order chi connectivity index (χ0) is 20.5. The molecule has 3 amide bonds. The fraction of sp³-hybridized carbons (Fsp3) is 0.136. The van der Waals surface area contributed by atoms with Crippen LogP contribution in [0.15, 0.2) is 73.1 Å². The van der Waals surface area contributed by atoms with Crippen LogP contribution in [-0.4, -0.2) is 24.0 Å². The molecule has 0 aliphatic carbocycles. The summed E-state index contributed by atoms with van der Waals surface area (Å²) in [5, 5.41) is 8.44. The van der Waals surface area contributed by atoms with Crippen LogP contribution in [0.5, 0.6) is 5.75 Å². The number of hydrogen-bond donors (Lipinski definition) is 3. The average Bonchev–Trinajstić information content (AvgIpc) is 2.78. The number of nitrogens with zero attached hydrogens (tertiary/aromatic N) is 1. The van der Waals surface area contributed by atoms with Crippen molar-refractivity contribution in [2.45, 2.75) is 13.1 Å². The van der Waals surface area contributed by atoms with Crippen molar-refractivity contribution < 1.29 is 14.3 Å². The number of hydrogen-bond acceptors (Lipinski definition) is 4. The van der Waals surface area contributed by atoms with Crippen LogP contribution in [0.25, 0.3) is 0 Å². The van der Waals surface area contributed by atoms with Gasteiger partial charge in [0.15, 0.2) is 0 Å². The Labute approximate surface area is 169 Å². The monoisotopic (exact) mass is 390 g/mol. The molecule has 0 aliphatic heterocycles. The lowest BCUT2D eigenvalue weighted by molar-refractivity contribution is 0.0950. The number of pyridine rings is 1. The van der Waals surface area contributed by atoms with Crippen molar-refractivity contribution in [3.05, 3.63) is 89.7 Å². The molecule has 3 aromatic rings. The predicted octanol–water partition coefficient (Wildman–Crippen LogP) is 3.34. The van der Waals surface area contributed by atoms with E-state index in [0.717, 1.165) is 16.9 Å². The van der Waals surface area contributed by atoms with Gasteiger partial charge in [0.05, 0.1) is 7.11 Å². The van der Waals surface area contributed by atoms with Gasteiger partial charge in [0, 0.05) is 36.7 Å². The molecule has 7 heteroatoms. The molecule has 0 radical (unpaired) electrons. The molecule has 1 heterocycles. The predicted molar refractivity (Wildman–Crippen MR) is 111 cm³/mol. The van der Waals surface area contributed by atoms with Crippen LogP contribution in [0.2, 0.25) is 0 Å². The number of carbonyl (C=O) groups excluding carboxylic acids is 2. The molecule has 0 atom stereocenters. The second kappa shape index (κ2) is 9.89. The lowest BCUT2D eigenvalue weighted by atomic mass is 10.2. The molecule has 0 spiro atoms. The number of amides is 3. The Morgan fingerprint density at radius 3 is 2.03 bits per heavy atom. The van der Waals surface area contributed by atoms with Crippen LogP contribution in [0.1, 0.15) is 21.5 Å². The molecule has 1 aromatic heterocycles. The van der Waals surface area contributed by atoms with Crippen molar-refractivity contribution in [2.75, 3.05) is 12.4 Å². The molecule has 3 rings (SSSR count). The van der Waals surface area contributed by atoms with E-state index in [2.05, 4.69) is 20.9 Å². The Kier molecular flexibility index (Phi) is 6.78. The number of carbonyl (C=O) groups is 2. The molecule has 7 nitrogen and oxygen atoms in total. The van der Waals surface area contributed by atoms with Crippen LogP contribution in [0.4, 0.5) is 10.5 Å². The quantitative estimate of drug-likeness (QED) is 0.577. The summed E-state index contributed by atoms with van der Waals surface area (Å²) in [7, 11) is 1.61. The number of urea groups is 1. The van der Waals surface area contributed by atoms with E-state index in [1.165, 1.54) is 0 Å². The summed E-state index contributed by atoms with van der Waals surface area (Å²) in [4.78, 5) is 28.0. The zero-order valence-electron chi connectivity index (χ0n) is 16.0. The van der Waals surface area contributed by atoms with Gasteiger partial charge >= 0.3 is 6.03 Å². The van der Waals surface area contributed by atoms with Crippen LogP contribution in [0.3, 0.4) is 0 Å². The Hall–Kier alpha value is -3.87. The van der Waals surface area contributed by atoms with Gasteiger partial charge in [-0.05, 0) is 47.5 Å². The molecule has 0 unspecified atom stereocenters. The van der Waals surface area contributed by atoms with E-state index in [0.29, 0.717) is 24.3 Å². The minimum Gasteiger partial charge on any atom is -0.497 e. The molecule has 0 bridgehead atoms. The smallest absolute Gasteiger partial charge is 0.319 e. The molecular weight excluding hydrogens is 368 g/mol. The number of aromatic nitrogens is 1. The largest absolute Gasteiger partial charge is 0.497 e. The van der Waals surface area contributed by atoms with Gasteiger partial charge in [-0.2, -0.15) is 0 Å². The summed E-state index contributed by atoms with van der Waals surface area (Å²) in [6.45, 7) is 0.806. The third-order valence-electron chi connectivity index (χ3n) is 4.22. The Balaban J connectivity index is 1.44. The number of benzene rings is 2. The van der Waals surface area contributed by atoms with Crippen molar-refractivity contribution in [3.8, 4) is 5.75 Å². The second-order valence-electron chi connectivity index (χ2n) is 6.27. The molecule has 0 saturated heterocycles. The third-order valence-corrected chi connectivity index (χ3v) is 4.22. The van der Waals surface area contributed by atoms with Gasteiger partial charge < -0.3 is 20.7 Å². The molecule has 0 saturated carbocycles. The first kappa shape index (κ1) is 19.9. The van der Waals surface area contributed by atoms with E-state index < -0.39 is 0 Å². The van der Waals surface area contributed by atoms with Crippen molar-refractivity contribution in [1.82, 2.24) is 15.6 Å². The molecule has 148 valence electrons. The summed E-state index contributed by atoms with van der Waals surface area (Å²) in [6.07, 6.45) is 3.16. The highest BCUT2D eigenvalue weighted by Gasteiger charge is 2.05. The van der Waals surface area contributed by atoms with E-state index >= 15 is 0 Å². The first-order valence-electron chi connectivity index (χ1n) is 9.09.